The maximum absolute atomic E-state index is 12.3. The van der Waals surface area contributed by atoms with E-state index in [1.165, 1.54) is 57.8 Å². The van der Waals surface area contributed by atoms with E-state index < -0.39 is 0 Å². The van der Waals surface area contributed by atoms with Gasteiger partial charge in [0.2, 0.25) is 0 Å². The van der Waals surface area contributed by atoms with Gasteiger partial charge >= 0.3 is 5.97 Å². The number of ether oxygens (including phenoxy) is 1. The molecule has 0 aliphatic rings. The second-order valence-electron chi connectivity index (χ2n) is 7.89. The number of rotatable bonds is 17. The van der Waals surface area contributed by atoms with E-state index in [4.69, 9.17) is 4.74 Å². The van der Waals surface area contributed by atoms with Crippen molar-refractivity contribution in [3.05, 3.63) is 48.0 Å². The number of unbranched alkanes of at least 4 members (excludes halogenated alkanes) is 9. The molecule has 2 heteroatoms. The van der Waals surface area contributed by atoms with Crippen molar-refractivity contribution < 1.29 is 9.53 Å². The summed E-state index contributed by atoms with van der Waals surface area (Å²) in [6.45, 7) is 4.48. The maximum atomic E-state index is 12.3. The van der Waals surface area contributed by atoms with E-state index in [2.05, 4.69) is 26.0 Å². The van der Waals surface area contributed by atoms with Crippen LogP contribution in [-0.2, 0) is 16.0 Å². The van der Waals surface area contributed by atoms with Crippen LogP contribution in [0.4, 0.5) is 0 Å². The highest BCUT2D eigenvalue weighted by atomic mass is 16.5. The first-order chi connectivity index (χ1) is 13.8. The Morgan fingerprint density at radius 1 is 0.857 bits per heavy atom. The van der Waals surface area contributed by atoms with E-state index in [1.807, 2.05) is 30.3 Å². The molecule has 0 aliphatic heterocycles. The van der Waals surface area contributed by atoms with Gasteiger partial charge in [0.15, 0.2) is 0 Å². The molecule has 158 valence electrons. The number of carbonyl (C=O) groups excluding carboxylic acids is 1. The molecule has 0 radical (unpaired) electrons. The minimum absolute atomic E-state index is 0.0221. The summed E-state index contributed by atoms with van der Waals surface area (Å²) < 4.78 is 5.82. The van der Waals surface area contributed by atoms with E-state index in [1.54, 1.807) is 0 Å². The van der Waals surface area contributed by atoms with Gasteiger partial charge in [0.05, 0.1) is 6.42 Å². The summed E-state index contributed by atoms with van der Waals surface area (Å²) in [4.78, 5) is 12.3. The molecule has 0 fully saturated rings. The first-order valence-electron chi connectivity index (χ1n) is 11.6. The topological polar surface area (TPSA) is 26.3 Å². The molecule has 0 heterocycles. The third-order valence-corrected chi connectivity index (χ3v) is 5.16. The number of benzene rings is 1. The molecule has 1 rings (SSSR count). The summed E-state index contributed by atoms with van der Waals surface area (Å²) >= 11 is 0. The van der Waals surface area contributed by atoms with Gasteiger partial charge in [0.25, 0.3) is 0 Å². The van der Waals surface area contributed by atoms with Crippen LogP contribution in [0.15, 0.2) is 42.5 Å². The molecule has 0 aliphatic carbocycles. The number of hydrogen-bond acceptors (Lipinski definition) is 2. The largest absolute Gasteiger partial charge is 0.462 e. The third kappa shape index (κ3) is 13.6. The summed E-state index contributed by atoms with van der Waals surface area (Å²) in [6, 6.07) is 9.88. The van der Waals surface area contributed by atoms with Crippen LogP contribution in [0, 0.1) is 0 Å². The summed E-state index contributed by atoms with van der Waals surface area (Å²) in [7, 11) is 0. The van der Waals surface area contributed by atoms with E-state index in [0.29, 0.717) is 6.42 Å². The van der Waals surface area contributed by atoms with Crippen molar-refractivity contribution in [1.82, 2.24) is 0 Å². The van der Waals surface area contributed by atoms with Gasteiger partial charge in [-0.25, -0.2) is 0 Å². The molecule has 2 nitrogen and oxygen atoms in total. The SMILES string of the molecule is CCCCCCCC/C=C\C[C@@H](CCCCCC)OC(=O)Cc1ccccc1. The second-order valence-corrected chi connectivity index (χ2v) is 7.89. The highest BCUT2D eigenvalue weighted by Gasteiger charge is 2.13. The first kappa shape index (κ1) is 24.5. The Kier molecular flexibility index (Phi) is 15.3. The fourth-order valence-electron chi connectivity index (χ4n) is 3.42. The monoisotopic (exact) mass is 386 g/mol. The first-order valence-corrected chi connectivity index (χ1v) is 11.6. The standard InChI is InChI=1S/C26H42O2/c1-3-5-7-9-10-11-12-13-18-22-25(21-17-8-6-4-2)28-26(27)23-24-19-15-14-16-20-24/h13-16,18-20,25H,3-12,17,21-23H2,1-2H3/b18-13-/t25-/m1/s1. The van der Waals surface area contributed by atoms with Crippen LogP contribution in [-0.4, -0.2) is 12.1 Å². The average molecular weight is 387 g/mol. The van der Waals surface area contributed by atoms with Gasteiger partial charge in [-0.1, -0.05) is 108 Å². The van der Waals surface area contributed by atoms with Crippen molar-refractivity contribution in [2.75, 3.05) is 0 Å². The molecule has 0 aromatic heterocycles. The predicted octanol–water partition coefficient (Wildman–Crippen LogP) is 7.81. The summed E-state index contributed by atoms with van der Waals surface area (Å²) in [5, 5.41) is 0. The van der Waals surface area contributed by atoms with Crippen molar-refractivity contribution in [2.45, 2.75) is 110 Å². The van der Waals surface area contributed by atoms with Gasteiger partial charge < -0.3 is 4.74 Å². The van der Waals surface area contributed by atoms with Crippen molar-refractivity contribution >= 4 is 5.97 Å². The lowest BCUT2D eigenvalue weighted by atomic mass is 10.1. The lowest BCUT2D eigenvalue weighted by Crippen LogP contribution is -2.19. The minimum atomic E-state index is -0.101. The van der Waals surface area contributed by atoms with Crippen LogP contribution in [0.25, 0.3) is 0 Å². The number of esters is 1. The molecule has 0 unspecified atom stereocenters. The van der Waals surface area contributed by atoms with Crippen molar-refractivity contribution in [1.29, 1.82) is 0 Å². The van der Waals surface area contributed by atoms with Crippen LogP contribution in [0.1, 0.15) is 103 Å². The summed E-state index contributed by atoms with van der Waals surface area (Å²) in [6.07, 6.45) is 20.7. The van der Waals surface area contributed by atoms with Gasteiger partial charge in [0.1, 0.15) is 6.10 Å². The molecule has 0 saturated carbocycles. The predicted molar refractivity (Wildman–Crippen MR) is 121 cm³/mol. The van der Waals surface area contributed by atoms with E-state index in [-0.39, 0.29) is 12.1 Å². The molecule has 1 aromatic rings. The fourth-order valence-corrected chi connectivity index (χ4v) is 3.42. The smallest absolute Gasteiger partial charge is 0.310 e. The van der Waals surface area contributed by atoms with Crippen molar-refractivity contribution in [3.63, 3.8) is 0 Å². The Balaban J connectivity index is 2.32. The number of hydrogen-bond donors (Lipinski definition) is 0. The van der Waals surface area contributed by atoms with E-state index in [0.717, 1.165) is 31.2 Å². The Hall–Kier alpha value is -1.57. The molecular weight excluding hydrogens is 344 g/mol. The molecule has 1 atom stereocenters. The van der Waals surface area contributed by atoms with Crippen molar-refractivity contribution in [2.24, 2.45) is 0 Å². The molecule has 0 N–H and O–H groups in total. The molecule has 0 saturated heterocycles. The minimum Gasteiger partial charge on any atom is -0.462 e. The van der Waals surface area contributed by atoms with Gasteiger partial charge in [0, 0.05) is 6.42 Å². The average Bonchev–Trinajstić information content (AvgIpc) is 2.70. The van der Waals surface area contributed by atoms with Gasteiger partial charge in [-0.05, 0) is 31.2 Å². The zero-order chi connectivity index (χ0) is 20.3. The normalized spacial score (nSPS) is 12.4. The Morgan fingerprint density at radius 2 is 1.50 bits per heavy atom. The number of carbonyl (C=O) groups is 1. The summed E-state index contributed by atoms with van der Waals surface area (Å²) in [5.74, 6) is -0.101. The van der Waals surface area contributed by atoms with Gasteiger partial charge in [-0.3, -0.25) is 4.79 Å². The summed E-state index contributed by atoms with van der Waals surface area (Å²) in [5.41, 5.74) is 1.02. The highest BCUT2D eigenvalue weighted by molar-refractivity contribution is 5.72. The third-order valence-electron chi connectivity index (χ3n) is 5.16. The van der Waals surface area contributed by atoms with E-state index in [9.17, 15) is 4.79 Å². The zero-order valence-electron chi connectivity index (χ0n) is 18.3. The molecular formula is C26H42O2. The van der Waals surface area contributed by atoms with Crippen LogP contribution in [0.2, 0.25) is 0 Å². The fraction of sp³-hybridized carbons (Fsp3) is 0.654. The van der Waals surface area contributed by atoms with E-state index >= 15 is 0 Å². The molecule has 0 spiro atoms. The lowest BCUT2D eigenvalue weighted by Gasteiger charge is -2.16. The van der Waals surface area contributed by atoms with Gasteiger partial charge in [-0.15, -0.1) is 0 Å². The molecule has 1 aromatic carbocycles. The Bertz CT molecular complexity index is 506. The molecule has 0 bridgehead atoms. The van der Waals surface area contributed by atoms with Crippen LogP contribution in [0.5, 0.6) is 0 Å². The van der Waals surface area contributed by atoms with Crippen LogP contribution >= 0.6 is 0 Å². The second kappa shape index (κ2) is 17.5. The molecule has 28 heavy (non-hydrogen) atoms. The Labute approximate surface area is 173 Å². The quantitative estimate of drug-likeness (QED) is 0.155. The zero-order valence-corrected chi connectivity index (χ0v) is 18.3. The number of allylic oxidation sites excluding steroid dienone is 1. The molecule has 0 amide bonds. The van der Waals surface area contributed by atoms with Crippen LogP contribution in [0.3, 0.4) is 0 Å². The van der Waals surface area contributed by atoms with Crippen molar-refractivity contribution in [3.8, 4) is 0 Å². The van der Waals surface area contributed by atoms with Gasteiger partial charge in [-0.2, -0.15) is 0 Å². The maximum Gasteiger partial charge on any atom is 0.310 e. The lowest BCUT2D eigenvalue weighted by molar-refractivity contribution is -0.148. The Morgan fingerprint density at radius 3 is 2.21 bits per heavy atom. The van der Waals surface area contributed by atoms with Crippen LogP contribution < -0.4 is 0 Å². The highest BCUT2D eigenvalue weighted by Crippen LogP contribution is 2.14.